The number of hydrogen-bond acceptors (Lipinski definition) is 4. The zero-order chi connectivity index (χ0) is 16.8. The Hall–Kier alpha value is -1.10. The van der Waals surface area contributed by atoms with Crippen LogP contribution in [0.25, 0.3) is 0 Å². The summed E-state index contributed by atoms with van der Waals surface area (Å²) in [6.07, 6.45) is 6.45. The van der Waals surface area contributed by atoms with Gasteiger partial charge in [0.05, 0.1) is 17.1 Å². The van der Waals surface area contributed by atoms with Crippen LogP contribution in [0.2, 0.25) is 0 Å². The van der Waals surface area contributed by atoms with Crippen molar-refractivity contribution in [2.24, 2.45) is 5.92 Å². The van der Waals surface area contributed by atoms with Gasteiger partial charge in [0, 0.05) is 18.2 Å². The summed E-state index contributed by atoms with van der Waals surface area (Å²) in [7, 11) is 0. The SMILES string of the molecule is O[C@H]1CC[C@@]2(O)[C@H]3Cc4cccc5c4[C@@]2(CCN3CC2CCC2)[C@H]1O5. The molecule has 1 aromatic carbocycles. The molecule has 0 aromatic heterocycles. The van der Waals surface area contributed by atoms with E-state index in [9.17, 15) is 10.2 Å². The molecule has 1 saturated heterocycles. The van der Waals surface area contributed by atoms with Gasteiger partial charge < -0.3 is 14.9 Å². The minimum atomic E-state index is -0.765. The lowest BCUT2D eigenvalue weighted by atomic mass is 9.48. The molecule has 1 spiro atoms. The number of aliphatic hydroxyl groups excluding tert-OH is 1. The fourth-order valence-electron chi connectivity index (χ4n) is 6.80. The van der Waals surface area contributed by atoms with Crippen LogP contribution in [0.4, 0.5) is 0 Å². The van der Waals surface area contributed by atoms with Crippen LogP contribution in [0.5, 0.6) is 5.75 Å². The van der Waals surface area contributed by atoms with Crippen LogP contribution in [0, 0.1) is 5.92 Å². The fourth-order valence-corrected chi connectivity index (χ4v) is 6.80. The summed E-state index contributed by atoms with van der Waals surface area (Å²) in [5.41, 5.74) is 1.39. The van der Waals surface area contributed by atoms with Gasteiger partial charge in [-0.15, -0.1) is 0 Å². The van der Waals surface area contributed by atoms with Crippen molar-refractivity contribution >= 4 is 0 Å². The molecule has 25 heavy (non-hydrogen) atoms. The molecule has 4 nitrogen and oxygen atoms in total. The first kappa shape index (κ1) is 15.0. The van der Waals surface area contributed by atoms with Gasteiger partial charge in [0.2, 0.25) is 0 Å². The highest BCUT2D eigenvalue weighted by molar-refractivity contribution is 5.57. The van der Waals surface area contributed by atoms with Crippen molar-refractivity contribution < 1.29 is 14.9 Å². The molecule has 5 atom stereocenters. The molecule has 134 valence electrons. The Kier molecular flexibility index (Phi) is 2.87. The van der Waals surface area contributed by atoms with E-state index in [1.165, 1.54) is 30.4 Å². The molecule has 5 aliphatic rings. The van der Waals surface area contributed by atoms with Gasteiger partial charge in [-0.05, 0) is 62.6 Å². The minimum Gasteiger partial charge on any atom is -0.486 e. The molecule has 2 aliphatic heterocycles. The third kappa shape index (κ3) is 1.65. The lowest BCUT2D eigenvalue weighted by molar-refractivity contribution is -0.209. The maximum atomic E-state index is 12.1. The highest BCUT2D eigenvalue weighted by Gasteiger charge is 2.72. The molecule has 6 rings (SSSR count). The molecule has 2 N–H and O–H groups in total. The van der Waals surface area contributed by atoms with Gasteiger partial charge in [0.15, 0.2) is 0 Å². The average molecular weight is 341 g/mol. The quantitative estimate of drug-likeness (QED) is 0.864. The molecule has 3 fully saturated rings. The van der Waals surface area contributed by atoms with Gasteiger partial charge in [-0.1, -0.05) is 18.6 Å². The maximum absolute atomic E-state index is 12.1. The Morgan fingerprint density at radius 1 is 1.20 bits per heavy atom. The van der Waals surface area contributed by atoms with Crippen molar-refractivity contribution in [3.63, 3.8) is 0 Å². The van der Waals surface area contributed by atoms with E-state index in [2.05, 4.69) is 17.0 Å². The predicted molar refractivity (Wildman–Crippen MR) is 93.7 cm³/mol. The second kappa shape index (κ2) is 4.79. The predicted octanol–water partition coefficient (Wildman–Crippen LogP) is 2.00. The van der Waals surface area contributed by atoms with E-state index in [1.54, 1.807) is 0 Å². The van der Waals surface area contributed by atoms with E-state index in [1.807, 2.05) is 6.07 Å². The molecular formula is C21H27NO3. The van der Waals surface area contributed by atoms with Crippen molar-refractivity contribution in [3.05, 3.63) is 29.3 Å². The van der Waals surface area contributed by atoms with E-state index in [0.29, 0.717) is 12.8 Å². The largest absolute Gasteiger partial charge is 0.486 e. The third-order valence-electron chi connectivity index (χ3n) is 8.16. The summed E-state index contributed by atoms with van der Waals surface area (Å²) < 4.78 is 6.28. The van der Waals surface area contributed by atoms with Crippen molar-refractivity contribution in [1.29, 1.82) is 0 Å². The second-order valence-corrected chi connectivity index (χ2v) is 9.09. The number of hydrogen-bond donors (Lipinski definition) is 2. The van der Waals surface area contributed by atoms with Gasteiger partial charge in [-0.2, -0.15) is 0 Å². The first-order valence-electron chi connectivity index (χ1n) is 10.1. The number of piperidine rings is 1. The van der Waals surface area contributed by atoms with Gasteiger partial charge >= 0.3 is 0 Å². The Labute approximate surface area is 148 Å². The summed E-state index contributed by atoms with van der Waals surface area (Å²) in [6, 6.07) is 6.49. The lowest BCUT2D eigenvalue weighted by Gasteiger charge is -2.64. The number of likely N-dealkylation sites (tertiary alicyclic amines) is 1. The van der Waals surface area contributed by atoms with Crippen LogP contribution in [-0.2, 0) is 11.8 Å². The first-order valence-corrected chi connectivity index (χ1v) is 10.1. The summed E-state index contributed by atoms with van der Waals surface area (Å²) >= 11 is 0. The van der Waals surface area contributed by atoms with Crippen LogP contribution in [0.15, 0.2) is 18.2 Å². The standard InChI is InChI=1S/C21H27NO3/c23-15-7-8-21(24)17-11-14-5-2-6-16-18(14)20(21,19(15)25-16)9-10-22(17)12-13-3-1-4-13/h2,5-6,13,15,17,19,23-24H,1,3-4,7-12H2/t15-,17+,19-,20-,21+/m0/s1. The van der Waals surface area contributed by atoms with Crippen LogP contribution >= 0.6 is 0 Å². The Morgan fingerprint density at radius 3 is 2.88 bits per heavy atom. The Bertz CT molecular complexity index is 732. The molecule has 0 unspecified atom stereocenters. The lowest BCUT2D eigenvalue weighted by Crippen LogP contribution is -2.77. The summed E-state index contributed by atoms with van der Waals surface area (Å²) in [6.45, 7) is 2.15. The van der Waals surface area contributed by atoms with Crippen LogP contribution in [-0.4, -0.2) is 52.1 Å². The fraction of sp³-hybridized carbons (Fsp3) is 0.714. The number of rotatable bonds is 2. The van der Waals surface area contributed by atoms with E-state index in [4.69, 9.17) is 4.74 Å². The molecule has 1 aromatic rings. The Morgan fingerprint density at radius 2 is 2.08 bits per heavy atom. The molecule has 4 heteroatoms. The number of benzene rings is 1. The van der Waals surface area contributed by atoms with E-state index in [-0.39, 0.29) is 12.1 Å². The monoisotopic (exact) mass is 341 g/mol. The number of nitrogens with zero attached hydrogens (tertiary/aromatic N) is 1. The van der Waals surface area contributed by atoms with Crippen LogP contribution < -0.4 is 4.74 Å². The Balaban J connectivity index is 1.51. The van der Waals surface area contributed by atoms with E-state index in [0.717, 1.165) is 37.6 Å². The highest BCUT2D eigenvalue weighted by Crippen LogP contribution is 2.64. The van der Waals surface area contributed by atoms with Crippen LogP contribution in [0.1, 0.15) is 49.7 Å². The maximum Gasteiger partial charge on any atom is 0.137 e. The summed E-state index contributed by atoms with van der Waals surface area (Å²) in [5, 5.41) is 22.8. The topological polar surface area (TPSA) is 52.9 Å². The third-order valence-corrected chi connectivity index (χ3v) is 8.16. The average Bonchev–Trinajstić information content (AvgIpc) is 2.90. The van der Waals surface area contributed by atoms with Crippen molar-refractivity contribution in [2.75, 3.05) is 13.1 Å². The smallest absolute Gasteiger partial charge is 0.137 e. The zero-order valence-corrected chi connectivity index (χ0v) is 14.7. The normalized spacial score (nSPS) is 44.8. The molecule has 3 aliphatic carbocycles. The molecule has 0 radical (unpaired) electrons. The van der Waals surface area contributed by atoms with Crippen LogP contribution in [0.3, 0.4) is 0 Å². The first-order chi connectivity index (χ1) is 12.1. The summed E-state index contributed by atoms with van der Waals surface area (Å²) in [5.74, 6) is 1.72. The molecular weight excluding hydrogens is 314 g/mol. The van der Waals surface area contributed by atoms with Gasteiger partial charge in [0.25, 0.3) is 0 Å². The molecule has 2 saturated carbocycles. The number of ether oxygens (including phenoxy) is 1. The zero-order valence-electron chi connectivity index (χ0n) is 14.7. The highest BCUT2D eigenvalue weighted by atomic mass is 16.5. The second-order valence-electron chi connectivity index (χ2n) is 9.09. The minimum absolute atomic E-state index is 0.168. The number of aliphatic hydroxyl groups is 2. The van der Waals surface area contributed by atoms with Gasteiger partial charge in [-0.3, -0.25) is 4.90 Å². The van der Waals surface area contributed by atoms with Gasteiger partial charge in [0.1, 0.15) is 11.9 Å². The van der Waals surface area contributed by atoms with Gasteiger partial charge in [-0.25, -0.2) is 0 Å². The summed E-state index contributed by atoms with van der Waals surface area (Å²) in [4.78, 5) is 2.58. The van der Waals surface area contributed by atoms with Crippen molar-refractivity contribution in [3.8, 4) is 5.75 Å². The molecule has 2 bridgehead atoms. The van der Waals surface area contributed by atoms with Crippen molar-refractivity contribution in [2.45, 2.75) is 74.2 Å². The van der Waals surface area contributed by atoms with Crippen molar-refractivity contribution in [1.82, 2.24) is 4.90 Å². The van der Waals surface area contributed by atoms with E-state index >= 15 is 0 Å². The van der Waals surface area contributed by atoms with E-state index < -0.39 is 17.1 Å². The molecule has 2 heterocycles. The molecule has 0 amide bonds.